The standard InChI is InChI=1S/C24H22N4O2/c1-2-27(17-18-11-5-3-6-12-18)24(30)22-26-21(20-15-9-10-16-28(20)22)23(29)25-19-13-7-4-8-14-19/h3-16H,2,17H2,1H3,(H,25,29). The minimum absolute atomic E-state index is 0.221. The van der Waals surface area contributed by atoms with Crippen molar-refractivity contribution in [3.05, 3.63) is 102 Å². The molecule has 6 nitrogen and oxygen atoms in total. The molecule has 2 aromatic carbocycles. The third kappa shape index (κ3) is 3.93. The van der Waals surface area contributed by atoms with Crippen LogP contribution in [0.4, 0.5) is 5.69 Å². The predicted molar refractivity (Wildman–Crippen MR) is 116 cm³/mol. The molecule has 0 atom stereocenters. The van der Waals surface area contributed by atoms with Crippen LogP contribution in [0, 0.1) is 0 Å². The number of carbonyl (C=O) groups excluding carboxylic acids is 2. The van der Waals surface area contributed by atoms with Gasteiger partial charge in [-0.25, -0.2) is 4.98 Å². The molecule has 30 heavy (non-hydrogen) atoms. The van der Waals surface area contributed by atoms with Crippen molar-refractivity contribution in [2.24, 2.45) is 0 Å². The van der Waals surface area contributed by atoms with Gasteiger partial charge in [0.2, 0.25) is 5.82 Å². The lowest BCUT2D eigenvalue weighted by Gasteiger charge is -2.20. The normalized spacial score (nSPS) is 10.7. The van der Waals surface area contributed by atoms with Crippen LogP contribution in [-0.4, -0.2) is 32.6 Å². The van der Waals surface area contributed by atoms with Gasteiger partial charge in [0.15, 0.2) is 5.69 Å². The van der Waals surface area contributed by atoms with Gasteiger partial charge in [0.05, 0.1) is 5.52 Å². The Bertz CT molecular complexity index is 1170. The molecule has 2 amide bonds. The average molecular weight is 398 g/mol. The first-order valence-electron chi connectivity index (χ1n) is 9.84. The number of aromatic nitrogens is 2. The third-order valence-corrected chi connectivity index (χ3v) is 4.87. The first-order chi connectivity index (χ1) is 14.7. The second kappa shape index (κ2) is 8.61. The summed E-state index contributed by atoms with van der Waals surface area (Å²) in [6.07, 6.45) is 1.76. The van der Waals surface area contributed by atoms with E-state index in [1.807, 2.05) is 67.6 Å². The van der Waals surface area contributed by atoms with Crippen LogP contribution < -0.4 is 5.32 Å². The summed E-state index contributed by atoms with van der Waals surface area (Å²) >= 11 is 0. The second-order valence-electron chi connectivity index (χ2n) is 6.86. The van der Waals surface area contributed by atoms with Crippen molar-refractivity contribution < 1.29 is 9.59 Å². The minimum Gasteiger partial charge on any atom is -0.332 e. The predicted octanol–water partition coefficient (Wildman–Crippen LogP) is 4.25. The quantitative estimate of drug-likeness (QED) is 0.528. The van der Waals surface area contributed by atoms with E-state index in [0.717, 1.165) is 5.56 Å². The highest BCUT2D eigenvalue weighted by atomic mass is 16.2. The smallest absolute Gasteiger partial charge is 0.290 e. The van der Waals surface area contributed by atoms with Crippen molar-refractivity contribution in [1.29, 1.82) is 0 Å². The van der Waals surface area contributed by atoms with Crippen LogP contribution in [0.2, 0.25) is 0 Å². The van der Waals surface area contributed by atoms with E-state index in [4.69, 9.17) is 0 Å². The van der Waals surface area contributed by atoms with Crippen molar-refractivity contribution in [1.82, 2.24) is 14.3 Å². The molecule has 2 heterocycles. The molecule has 0 unspecified atom stereocenters. The van der Waals surface area contributed by atoms with Crippen molar-refractivity contribution in [3.8, 4) is 0 Å². The number of rotatable bonds is 6. The number of amides is 2. The highest BCUT2D eigenvalue weighted by Crippen LogP contribution is 2.18. The molecule has 1 N–H and O–H groups in total. The summed E-state index contributed by atoms with van der Waals surface area (Å²) in [5.41, 5.74) is 2.52. The Balaban J connectivity index is 1.67. The molecular weight excluding hydrogens is 376 g/mol. The lowest BCUT2D eigenvalue weighted by atomic mass is 10.2. The Hall–Kier alpha value is -3.93. The van der Waals surface area contributed by atoms with Gasteiger partial charge in [-0.3, -0.25) is 14.0 Å². The zero-order valence-electron chi connectivity index (χ0n) is 16.7. The van der Waals surface area contributed by atoms with Gasteiger partial charge in [-0.1, -0.05) is 54.6 Å². The number of carbonyl (C=O) groups is 2. The number of para-hydroxylation sites is 1. The van der Waals surface area contributed by atoms with Gasteiger partial charge in [-0.05, 0) is 36.8 Å². The van der Waals surface area contributed by atoms with Crippen molar-refractivity contribution in [3.63, 3.8) is 0 Å². The zero-order valence-corrected chi connectivity index (χ0v) is 16.7. The van der Waals surface area contributed by atoms with Gasteiger partial charge >= 0.3 is 0 Å². The number of hydrogen-bond acceptors (Lipinski definition) is 3. The van der Waals surface area contributed by atoms with Crippen molar-refractivity contribution in [2.75, 3.05) is 11.9 Å². The molecule has 0 spiro atoms. The van der Waals surface area contributed by atoms with Crippen LogP contribution in [0.5, 0.6) is 0 Å². The molecule has 6 heteroatoms. The summed E-state index contributed by atoms with van der Waals surface area (Å²) in [5.74, 6) is -0.349. The fourth-order valence-corrected chi connectivity index (χ4v) is 3.34. The van der Waals surface area contributed by atoms with Gasteiger partial charge in [-0.15, -0.1) is 0 Å². The highest BCUT2D eigenvalue weighted by molar-refractivity contribution is 6.08. The molecule has 4 rings (SSSR count). The van der Waals surface area contributed by atoms with E-state index < -0.39 is 0 Å². The van der Waals surface area contributed by atoms with Gasteiger partial charge in [0, 0.05) is 25.0 Å². The maximum atomic E-state index is 13.3. The fraction of sp³-hybridized carbons (Fsp3) is 0.125. The van der Waals surface area contributed by atoms with Crippen LogP contribution >= 0.6 is 0 Å². The van der Waals surface area contributed by atoms with Crippen LogP contribution in [0.1, 0.15) is 33.6 Å². The molecule has 0 radical (unpaired) electrons. The van der Waals surface area contributed by atoms with Gasteiger partial charge < -0.3 is 10.2 Å². The first kappa shape index (κ1) is 19.4. The number of fused-ring (bicyclic) bond motifs is 1. The third-order valence-electron chi connectivity index (χ3n) is 4.87. The number of hydrogen-bond donors (Lipinski definition) is 1. The first-order valence-corrected chi connectivity index (χ1v) is 9.84. The molecule has 0 aliphatic carbocycles. The number of nitrogens with zero attached hydrogens (tertiary/aromatic N) is 3. The molecule has 2 aromatic heterocycles. The fourth-order valence-electron chi connectivity index (χ4n) is 3.34. The van der Waals surface area contributed by atoms with E-state index >= 15 is 0 Å². The van der Waals surface area contributed by atoms with E-state index in [2.05, 4.69) is 10.3 Å². The van der Waals surface area contributed by atoms with Crippen LogP contribution in [0.3, 0.4) is 0 Å². The second-order valence-corrected chi connectivity index (χ2v) is 6.86. The molecule has 0 fully saturated rings. The van der Waals surface area contributed by atoms with Crippen LogP contribution in [0.15, 0.2) is 85.1 Å². The molecule has 0 aliphatic rings. The Morgan fingerprint density at radius 3 is 2.30 bits per heavy atom. The average Bonchev–Trinajstić information content (AvgIpc) is 3.18. The maximum absolute atomic E-state index is 13.3. The largest absolute Gasteiger partial charge is 0.332 e. The number of anilines is 1. The number of imidazole rings is 1. The summed E-state index contributed by atoms with van der Waals surface area (Å²) < 4.78 is 1.68. The van der Waals surface area contributed by atoms with Gasteiger partial charge in [0.1, 0.15) is 0 Å². The SMILES string of the molecule is CCN(Cc1ccccc1)C(=O)c1nc(C(=O)Nc2ccccc2)c2ccccn12. The molecule has 0 bridgehead atoms. The van der Waals surface area contributed by atoms with E-state index in [-0.39, 0.29) is 23.3 Å². The Morgan fingerprint density at radius 2 is 1.60 bits per heavy atom. The monoisotopic (exact) mass is 398 g/mol. The summed E-state index contributed by atoms with van der Waals surface area (Å²) in [6, 6.07) is 24.4. The summed E-state index contributed by atoms with van der Waals surface area (Å²) in [7, 11) is 0. The lowest BCUT2D eigenvalue weighted by Crippen LogP contribution is -2.31. The summed E-state index contributed by atoms with van der Waals surface area (Å²) in [6.45, 7) is 2.93. The maximum Gasteiger partial charge on any atom is 0.290 e. The molecule has 0 saturated heterocycles. The van der Waals surface area contributed by atoms with Gasteiger partial charge in [0.25, 0.3) is 11.8 Å². The topological polar surface area (TPSA) is 66.7 Å². The van der Waals surface area contributed by atoms with Gasteiger partial charge in [-0.2, -0.15) is 0 Å². The molecule has 4 aromatic rings. The van der Waals surface area contributed by atoms with Crippen molar-refractivity contribution >= 4 is 23.0 Å². The molecular formula is C24H22N4O2. The van der Waals surface area contributed by atoms with Crippen LogP contribution in [0.25, 0.3) is 5.52 Å². The van der Waals surface area contributed by atoms with E-state index in [1.54, 1.807) is 33.7 Å². The molecule has 150 valence electrons. The lowest BCUT2D eigenvalue weighted by molar-refractivity contribution is 0.0739. The highest BCUT2D eigenvalue weighted by Gasteiger charge is 2.24. The summed E-state index contributed by atoms with van der Waals surface area (Å²) in [5, 5.41) is 2.85. The van der Waals surface area contributed by atoms with Crippen LogP contribution in [-0.2, 0) is 6.54 Å². The molecule has 0 aliphatic heterocycles. The minimum atomic E-state index is -0.352. The number of pyridine rings is 1. The Kier molecular flexibility index (Phi) is 5.57. The zero-order chi connectivity index (χ0) is 20.9. The van der Waals surface area contributed by atoms with Crippen molar-refractivity contribution in [2.45, 2.75) is 13.5 Å². The summed E-state index contributed by atoms with van der Waals surface area (Å²) in [4.78, 5) is 32.4. The Morgan fingerprint density at radius 1 is 0.933 bits per heavy atom. The van der Waals surface area contributed by atoms with E-state index in [0.29, 0.717) is 24.3 Å². The van der Waals surface area contributed by atoms with E-state index in [1.165, 1.54) is 0 Å². The number of benzene rings is 2. The molecule has 0 saturated carbocycles. The Labute approximate surface area is 174 Å². The number of nitrogens with one attached hydrogen (secondary N) is 1. The van der Waals surface area contributed by atoms with E-state index in [9.17, 15) is 9.59 Å².